The van der Waals surface area contributed by atoms with Crippen molar-refractivity contribution < 1.29 is 4.74 Å². The van der Waals surface area contributed by atoms with E-state index in [4.69, 9.17) is 9.73 Å². The van der Waals surface area contributed by atoms with Gasteiger partial charge < -0.3 is 15.4 Å². The van der Waals surface area contributed by atoms with Crippen LogP contribution in [0.2, 0.25) is 0 Å². The van der Waals surface area contributed by atoms with Gasteiger partial charge in [-0.05, 0) is 63.7 Å². The van der Waals surface area contributed by atoms with Crippen molar-refractivity contribution in [3.8, 4) is 0 Å². The van der Waals surface area contributed by atoms with Crippen LogP contribution in [0.5, 0.6) is 0 Å². The number of hydrogen-bond acceptors (Lipinski definition) is 2. The Morgan fingerprint density at radius 2 is 2.05 bits per heavy atom. The van der Waals surface area contributed by atoms with Crippen molar-refractivity contribution in [2.45, 2.75) is 58.0 Å². The highest BCUT2D eigenvalue weighted by atomic mass is 16.5. The highest BCUT2D eigenvalue weighted by Crippen LogP contribution is 2.61. The van der Waals surface area contributed by atoms with Crippen molar-refractivity contribution in [3.05, 3.63) is 0 Å². The van der Waals surface area contributed by atoms with Crippen LogP contribution >= 0.6 is 0 Å². The number of rotatable bonds is 6. The highest BCUT2D eigenvalue weighted by molar-refractivity contribution is 5.79. The number of nitrogens with zero attached hydrogens (tertiary/aromatic N) is 1. The van der Waals surface area contributed by atoms with Crippen LogP contribution in [-0.2, 0) is 4.74 Å². The Morgan fingerprint density at radius 1 is 1.25 bits per heavy atom. The minimum Gasteiger partial charge on any atom is -0.373 e. The molecule has 0 radical (unpaired) electrons. The molecule has 1 aliphatic heterocycles. The van der Waals surface area contributed by atoms with Gasteiger partial charge in [0, 0.05) is 26.2 Å². The van der Waals surface area contributed by atoms with Gasteiger partial charge in [-0.25, -0.2) is 0 Å². The van der Waals surface area contributed by atoms with Gasteiger partial charge in [0.15, 0.2) is 5.96 Å². The molecule has 0 aromatic rings. The van der Waals surface area contributed by atoms with Crippen LogP contribution in [0.25, 0.3) is 0 Å². The molecule has 20 heavy (non-hydrogen) atoms. The van der Waals surface area contributed by atoms with Gasteiger partial charge in [0.1, 0.15) is 0 Å². The largest absolute Gasteiger partial charge is 0.373 e. The van der Waals surface area contributed by atoms with Gasteiger partial charge in [-0.15, -0.1) is 0 Å². The molecule has 1 saturated heterocycles. The van der Waals surface area contributed by atoms with E-state index in [1.807, 2.05) is 0 Å². The summed E-state index contributed by atoms with van der Waals surface area (Å²) in [5.74, 6) is 1.95. The highest BCUT2D eigenvalue weighted by Gasteiger charge is 2.53. The first kappa shape index (κ1) is 14.2. The number of ether oxygens (including phenoxy) is 1. The van der Waals surface area contributed by atoms with Gasteiger partial charge in [0.2, 0.25) is 0 Å². The Bertz CT molecular complexity index is 366. The van der Waals surface area contributed by atoms with Gasteiger partial charge in [0.25, 0.3) is 0 Å². The van der Waals surface area contributed by atoms with Crippen LogP contribution in [0.15, 0.2) is 4.99 Å². The van der Waals surface area contributed by atoms with Gasteiger partial charge in [-0.2, -0.15) is 0 Å². The summed E-state index contributed by atoms with van der Waals surface area (Å²) in [5.41, 5.74) is 0.570. The molecular weight excluding hydrogens is 250 g/mol. The van der Waals surface area contributed by atoms with Crippen LogP contribution in [-0.4, -0.2) is 37.8 Å². The van der Waals surface area contributed by atoms with E-state index in [1.54, 1.807) is 0 Å². The summed E-state index contributed by atoms with van der Waals surface area (Å²) in [5, 5.41) is 6.84. The summed E-state index contributed by atoms with van der Waals surface area (Å²) in [6.45, 7) is 8.00. The van der Waals surface area contributed by atoms with Crippen molar-refractivity contribution in [1.29, 1.82) is 0 Å². The third-order valence-corrected chi connectivity index (χ3v) is 5.16. The monoisotopic (exact) mass is 279 g/mol. The Labute approximate surface area is 122 Å². The average Bonchev–Trinajstić information content (AvgIpc) is 3.33. The van der Waals surface area contributed by atoms with Crippen LogP contribution < -0.4 is 10.6 Å². The molecule has 4 heteroatoms. The first-order valence-electron chi connectivity index (χ1n) is 8.32. The fraction of sp³-hybridized carbons (Fsp3) is 0.938. The van der Waals surface area contributed by atoms with Crippen molar-refractivity contribution >= 4 is 5.96 Å². The van der Waals surface area contributed by atoms with E-state index in [2.05, 4.69) is 24.5 Å². The van der Waals surface area contributed by atoms with Crippen molar-refractivity contribution in [2.75, 3.05) is 26.2 Å². The molecule has 2 aliphatic carbocycles. The number of nitrogens with one attached hydrogen (secondary N) is 2. The van der Waals surface area contributed by atoms with Gasteiger partial charge in [0.05, 0.1) is 5.60 Å². The third kappa shape index (κ3) is 3.27. The Kier molecular flexibility index (Phi) is 3.93. The fourth-order valence-corrected chi connectivity index (χ4v) is 3.38. The summed E-state index contributed by atoms with van der Waals surface area (Å²) in [7, 11) is 0. The lowest BCUT2D eigenvalue weighted by Crippen LogP contribution is -2.45. The molecule has 114 valence electrons. The minimum absolute atomic E-state index is 0.00997. The quantitative estimate of drug-likeness (QED) is 0.579. The molecule has 0 amide bonds. The van der Waals surface area contributed by atoms with Gasteiger partial charge in [-0.1, -0.05) is 0 Å². The topological polar surface area (TPSA) is 45.7 Å². The first-order chi connectivity index (χ1) is 9.66. The molecule has 2 N–H and O–H groups in total. The average molecular weight is 279 g/mol. The van der Waals surface area contributed by atoms with Crippen LogP contribution in [0.4, 0.5) is 0 Å². The molecule has 2 saturated carbocycles. The van der Waals surface area contributed by atoms with E-state index in [-0.39, 0.29) is 5.60 Å². The van der Waals surface area contributed by atoms with E-state index < -0.39 is 0 Å². The molecule has 0 aromatic carbocycles. The second-order valence-corrected chi connectivity index (χ2v) is 7.09. The lowest BCUT2D eigenvalue weighted by molar-refractivity contribution is 0.0242. The normalized spacial score (nSPS) is 32.2. The van der Waals surface area contributed by atoms with Crippen LogP contribution in [0, 0.1) is 11.3 Å². The van der Waals surface area contributed by atoms with Crippen LogP contribution in [0.1, 0.15) is 52.4 Å². The smallest absolute Gasteiger partial charge is 0.191 e. The summed E-state index contributed by atoms with van der Waals surface area (Å²) in [6.07, 6.45) is 7.97. The van der Waals surface area contributed by atoms with Gasteiger partial charge in [-0.3, -0.25) is 4.99 Å². The number of hydrogen-bond donors (Lipinski definition) is 2. The SMILES string of the molecule is CCNC(=NCC1(C2CC2)CC1)NCC1(C)CCCO1. The van der Waals surface area contributed by atoms with E-state index in [1.165, 1.54) is 32.1 Å². The van der Waals surface area contributed by atoms with E-state index >= 15 is 0 Å². The molecule has 0 aromatic heterocycles. The molecule has 1 heterocycles. The molecule has 1 atom stereocenters. The standard InChI is InChI=1S/C16H29N3O/c1-3-17-14(18-11-15(2)7-4-10-20-15)19-12-16(8-9-16)13-5-6-13/h13H,3-12H2,1-2H3,(H2,17,18,19). The maximum absolute atomic E-state index is 5.83. The Balaban J connectivity index is 1.51. The number of guanidine groups is 1. The maximum atomic E-state index is 5.83. The van der Waals surface area contributed by atoms with Crippen molar-refractivity contribution in [2.24, 2.45) is 16.3 Å². The molecule has 0 bridgehead atoms. The summed E-state index contributed by atoms with van der Waals surface area (Å²) in [6, 6.07) is 0. The fourth-order valence-electron chi connectivity index (χ4n) is 3.38. The van der Waals surface area contributed by atoms with Gasteiger partial charge >= 0.3 is 0 Å². The van der Waals surface area contributed by atoms with Crippen LogP contribution in [0.3, 0.4) is 0 Å². The summed E-state index contributed by atoms with van der Waals surface area (Å²) in [4.78, 5) is 4.84. The zero-order valence-corrected chi connectivity index (χ0v) is 13.0. The second kappa shape index (κ2) is 5.55. The predicted octanol–water partition coefficient (Wildman–Crippen LogP) is 2.30. The minimum atomic E-state index is -0.00997. The van der Waals surface area contributed by atoms with E-state index in [0.717, 1.165) is 44.5 Å². The molecule has 3 rings (SSSR count). The third-order valence-electron chi connectivity index (χ3n) is 5.16. The molecule has 0 spiro atoms. The van der Waals surface area contributed by atoms with Crippen molar-refractivity contribution in [3.63, 3.8) is 0 Å². The molecular formula is C16H29N3O. The lowest BCUT2D eigenvalue weighted by Gasteiger charge is -2.25. The van der Waals surface area contributed by atoms with Crippen molar-refractivity contribution in [1.82, 2.24) is 10.6 Å². The number of aliphatic imine (C=N–C) groups is 1. The predicted molar refractivity (Wildman–Crippen MR) is 82.0 cm³/mol. The summed E-state index contributed by atoms with van der Waals surface area (Å²) >= 11 is 0. The van der Waals surface area contributed by atoms with E-state index in [9.17, 15) is 0 Å². The maximum Gasteiger partial charge on any atom is 0.191 e. The lowest BCUT2D eigenvalue weighted by atomic mass is 10.0. The zero-order valence-electron chi connectivity index (χ0n) is 13.0. The first-order valence-corrected chi connectivity index (χ1v) is 8.32. The Hall–Kier alpha value is -0.770. The Morgan fingerprint density at radius 3 is 2.60 bits per heavy atom. The molecule has 3 fully saturated rings. The molecule has 3 aliphatic rings. The van der Waals surface area contributed by atoms with E-state index in [0.29, 0.717) is 5.41 Å². The zero-order chi connectivity index (χ0) is 14.1. The molecule has 4 nitrogen and oxygen atoms in total. The second-order valence-electron chi connectivity index (χ2n) is 7.09. The molecule has 1 unspecified atom stereocenters. The summed E-state index contributed by atoms with van der Waals surface area (Å²) < 4.78 is 5.83.